The van der Waals surface area contributed by atoms with E-state index in [-0.39, 0.29) is 11.1 Å². The standard InChI is InChI=1S/C10H5BrN2O/c11-8-1-2-9-6(4-8)3-7(5-12)10(14)13-9/h1-4H,(H,13,14). The van der Waals surface area contributed by atoms with Crippen LogP contribution in [0.3, 0.4) is 0 Å². The van der Waals surface area contributed by atoms with Gasteiger partial charge in [-0.05, 0) is 24.3 Å². The molecule has 1 N–H and O–H groups in total. The number of benzene rings is 1. The van der Waals surface area contributed by atoms with Gasteiger partial charge in [0.05, 0.1) is 0 Å². The Balaban J connectivity index is 2.89. The predicted molar refractivity (Wildman–Crippen MR) is 57.0 cm³/mol. The maximum Gasteiger partial charge on any atom is 0.266 e. The molecule has 0 saturated carbocycles. The van der Waals surface area contributed by atoms with Crippen molar-refractivity contribution in [3.05, 3.63) is 44.7 Å². The van der Waals surface area contributed by atoms with E-state index >= 15 is 0 Å². The fourth-order valence-corrected chi connectivity index (χ4v) is 1.64. The molecule has 3 nitrogen and oxygen atoms in total. The maximum absolute atomic E-state index is 11.3. The van der Waals surface area contributed by atoms with Crippen LogP contribution < -0.4 is 5.56 Å². The van der Waals surface area contributed by atoms with E-state index in [2.05, 4.69) is 20.9 Å². The Morgan fingerprint density at radius 1 is 1.36 bits per heavy atom. The van der Waals surface area contributed by atoms with E-state index in [0.29, 0.717) is 0 Å². The minimum absolute atomic E-state index is 0.135. The zero-order valence-corrected chi connectivity index (χ0v) is 8.63. The Bertz CT molecular complexity index is 595. The molecule has 0 aliphatic rings. The molecule has 1 aromatic heterocycles. The minimum Gasteiger partial charge on any atom is -0.321 e. The number of halogens is 1. The maximum atomic E-state index is 11.3. The molecule has 14 heavy (non-hydrogen) atoms. The normalized spacial score (nSPS) is 10.0. The number of nitriles is 1. The summed E-state index contributed by atoms with van der Waals surface area (Å²) in [5, 5.41) is 9.51. The SMILES string of the molecule is N#Cc1cc2cc(Br)ccc2[nH]c1=O. The predicted octanol–water partition coefficient (Wildman–Crippen LogP) is 2.16. The second-order valence-corrected chi connectivity index (χ2v) is 3.77. The Kier molecular flexibility index (Phi) is 2.10. The van der Waals surface area contributed by atoms with Gasteiger partial charge in [0, 0.05) is 15.4 Å². The fraction of sp³-hybridized carbons (Fsp3) is 0. The lowest BCUT2D eigenvalue weighted by Gasteiger charge is -1.98. The minimum atomic E-state index is -0.345. The number of rotatable bonds is 0. The summed E-state index contributed by atoms with van der Waals surface area (Å²) >= 11 is 3.32. The molecule has 0 fully saturated rings. The van der Waals surface area contributed by atoms with Gasteiger partial charge in [0.25, 0.3) is 5.56 Å². The van der Waals surface area contributed by atoms with Gasteiger partial charge in [0.2, 0.25) is 0 Å². The lowest BCUT2D eigenvalue weighted by Crippen LogP contribution is -2.09. The average Bonchev–Trinajstić information content (AvgIpc) is 2.17. The van der Waals surface area contributed by atoms with Crippen molar-refractivity contribution in [1.82, 2.24) is 4.98 Å². The molecule has 2 aromatic rings. The summed E-state index contributed by atoms with van der Waals surface area (Å²) in [5.74, 6) is 0. The third-order valence-corrected chi connectivity index (χ3v) is 2.42. The van der Waals surface area contributed by atoms with Crippen LogP contribution in [0.15, 0.2) is 33.5 Å². The number of hydrogen-bond donors (Lipinski definition) is 1. The van der Waals surface area contributed by atoms with Gasteiger partial charge in [-0.1, -0.05) is 15.9 Å². The third kappa shape index (κ3) is 1.42. The van der Waals surface area contributed by atoms with Crippen molar-refractivity contribution < 1.29 is 0 Å². The molecule has 0 aliphatic heterocycles. The second-order valence-electron chi connectivity index (χ2n) is 2.86. The van der Waals surface area contributed by atoms with Crippen LogP contribution in [0.1, 0.15) is 5.56 Å². The van der Waals surface area contributed by atoms with Crippen molar-refractivity contribution in [2.75, 3.05) is 0 Å². The van der Waals surface area contributed by atoms with Crippen LogP contribution in [0.4, 0.5) is 0 Å². The van der Waals surface area contributed by atoms with Gasteiger partial charge in [-0.15, -0.1) is 0 Å². The van der Waals surface area contributed by atoms with Crippen molar-refractivity contribution >= 4 is 26.8 Å². The van der Waals surface area contributed by atoms with Crippen LogP contribution in [0, 0.1) is 11.3 Å². The number of nitrogens with zero attached hydrogens (tertiary/aromatic N) is 1. The van der Waals surface area contributed by atoms with E-state index in [4.69, 9.17) is 5.26 Å². The highest BCUT2D eigenvalue weighted by molar-refractivity contribution is 9.10. The smallest absolute Gasteiger partial charge is 0.266 e. The molecular formula is C10H5BrN2O. The largest absolute Gasteiger partial charge is 0.321 e. The van der Waals surface area contributed by atoms with Crippen LogP contribution in [0.5, 0.6) is 0 Å². The molecule has 1 aromatic carbocycles. The Labute approximate surface area is 88.1 Å². The van der Waals surface area contributed by atoms with E-state index in [1.807, 2.05) is 18.2 Å². The molecule has 0 spiro atoms. The molecule has 4 heteroatoms. The number of aromatic amines is 1. The fourth-order valence-electron chi connectivity index (χ4n) is 1.26. The number of aromatic nitrogens is 1. The number of nitrogens with one attached hydrogen (secondary N) is 1. The number of H-pyrrole nitrogens is 1. The molecule has 0 atom stereocenters. The first-order valence-corrected chi connectivity index (χ1v) is 4.73. The van der Waals surface area contributed by atoms with Crippen LogP contribution in [0.25, 0.3) is 10.9 Å². The molecule has 68 valence electrons. The van der Waals surface area contributed by atoms with E-state index < -0.39 is 0 Å². The quantitative estimate of drug-likeness (QED) is 0.777. The van der Waals surface area contributed by atoms with E-state index in [0.717, 1.165) is 15.4 Å². The van der Waals surface area contributed by atoms with Crippen LogP contribution in [-0.4, -0.2) is 4.98 Å². The zero-order chi connectivity index (χ0) is 10.1. The molecule has 0 bridgehead atoms. The van der Waals surface area contributed by atoms with E-state index in [1.165, 1.54) is 0 Å². The summed E-state index contributed by atoms with van der Waals surface area (Å²) in [4.78, 5) is 13.9. The molecule has 0 radical (unpaired) electrons. The van der Waals surface area contributed by atoms with E-state index in [1.54, 1.807) is 12.1 Å². The molecular weight excluding hydrogens is 244 g/mol. The van der Waals surface area contributed by atoms with Gasteiger partial charge >= 0.3 is 0 Å². The Hall–Kier alpha value is -1.60. The van der Waals surface area contributed by atoms with Gasteiger partial charge in [-0.25, -0.2) is 0 Å². The first-order valence-electron chi connectivity index (χ1n) is 3.93. The molecule has 0 aliphatic carbocycles. The van der Waals surface area contributed by atoms with E-state index in [9.17, 15) is 4.79 Å². The van der Waals surface area contributed by atoms with Crippen molar-refractivity contribution in [3.8, 4) is 6.07 Å². The zero-order valence-electron chi connectivity index (χ0n) is 7.04. The topological polar surface area (TPSA) is 56.6 Å². The molecule has 0 amide bonds. The molecule has 0 saturated heterocycles. The number of pyridine rings is 1. The lowest BCUT2D eigenvalue weighted by atomic mass is 10.2. The highest BCUT2D eigenvalue weighted by atomic mass is 79.9. The van der Waals surface area contributed by atoms with Crippen molar-refractivity contribution in [1.29, 1.82) is 5.26 Å². The Morgan fingerprint density at radius 2 is 2.14 bits per heavy atom. The summed E-state index contributed by atoms with van der Waals surface area (Å²) in [6.07, 6.45) is 0. The number of fused-ring (bicyclic) bond motifs is 1. The van der Waals surface area contributed by atoms with Gasteiger partial charge in [0.1, 0.15) is 11.6 Å². The summed E-state index contributed by atoms with van der Waals surface area (Å²) in [6.45, 7) is 0. The number of hydrogen-bond acceptors (Lipinski definition) is 2. The third-order valence-electron chi connectivity index (χ3n) is 1.93. The summed E-state index contributed by atoms with van der Waals surface area (Å²) in [7, 11) is 0. The van der Waals surface area contributed by atoms with Crippen molar-refractivity contribution in [3.63, 3.8) is 0 Å². The first-order chi connectivity index (χ1) is 6.70. The van der Waals surface area contributed by atoms with Gasteiger partial charge in [-0.2, -0.15) is 5.26 Å². The van der Waals surface area contributed by atoms with Gasteiger partial charge in [0.15, 0.2) is 0 Å². The lowest BCUT2D eigenvalue weighted by molar-refractivity contribution is 1.27. The van der Waals surface area contributed by atoms with Crippen LogP contribution in [0.2, 0.25) is 0 Å². The van der Waals surface area contributed by atoms with Gasteiger partial charge < -0.3 is 4.98 Å². The van der Waals surface area contributed by atoms with Crippen LogP contribution in [-0.2, 0) is 0 Å². The summed E-state index contributed by atoms with van der Waals surface area (Å²) < 4.78 is 0.918. The second kappa shape index (κ2) is 3.28. The summed E-state index contributed by atoms with van der Waals surface area (Å²) in [6, 6.07) is 8.91. The molecule has 0 unspecified atom stereocenters. The molecule has 1 heterocycles. The summed E-state index contributed by atoms with van der Waals surface area (Å²) in [5.41, 5.74) is 0.523. The van der Waals surface area contributed by atoms with Crippen LogP contribution >= 0.6 is 15.9 Å². The van der Waals surface area contributed by atoms with Crippen molar-refractivity contribution in [2.24, 2.45) is 0 Å². The first kappa shape index (κ1) is 8.97. The Morgan fingerprint density at radius 3 is 2.86 bits per heavy atom. The average molecular weight is 249 g/mol. The monoisotopic (exact) mass is 248 g/mol. The highest BCUT2D eigenvalue weighted by Crippen LogP contribution is 2.17. The van der Waals surface area contributed by atoms with Crippen molar-refractivity contribution in [2.45, 2.75) is 0 Å². The molecule has 2 rings (SSSR count). The van der Waals surface area contributed by atoms with Gasteiger partial charge in [-0.3, -0.25) is 4.79 Å². The highest BCUT2D eigenvalue weighted by Gasteiger charge is 2.01.